The predicted octanol–water partition coefficient (Wildman–Crippen LogP) is 3.42. The maximum Gasteiger partial charge on any atom is 0.335 e. The zero-order chi connectivity index (χ0) is 17.0. The predicted molar refractivity (Wildman–Crippen MR) is 101 cm³/mol. The van der Waals surface area contributed by atoms with Crippen molar-refractivity contribution in [1.82, 2.24) is 5.32 Å². The molecular weight excluding hydrogens is 427 g/mol. The number of carbonyl (C=O) groups is 2. The monoisotopic (exact) mass is 440 g/mol. The van der Waals surface area contributed by atoms with Gasteiger partial charge >= 0.3 is 5.97 Å². The summed E-state index contributed by atoms with van der Waals surface area (Å²) in [5.41, 5.74) is 2.00. The lowest BCUT2D eigenvalue weighted by molar-refractivity contribution is 0.0696. The Morgan fingerprint density at radius 3 is 2.52 bits per heavy atom. The van der Waals surface area contributed by atoms with Gasteiger partial charge in [0.1, 0.15) is 0 Å². The molecule has 0 aromatic heterocycles. The van der Waals surface area contributed by atoms with Crippen LogP contribution in [0.15, 0.2) is 42.5 Å². The third kappa shape index (κ3) is 4.73. The second-order valence-electron chi connectivity index (χ2n) is 4.75. The van der Waals surface area contributed by atoms with Crippen molar-refractivity contribution in [2.24, 2.45) is 0 Å². The van der Waals surface area contributed by atoms with Crippen LogP contribution in [0.2, 0.25) is 0 Å². The Morgan fingerprint density at radius 2 is 1.87 bits per heavy atom. The lowest BCUT2D eigenvalue weighted by Crippen LogP contribution is -2.34. The van der Waals surface area contributed by atoms with Gasteiger partial charge in [0.05, 0.1) is 5.56 Å². The van der Waals surface area contributed by atoms with Crippen molar-refractivity contribution < 1.29 is 14.7 Å². The molecule has 0 saturated carbocycles. The fourth-order valence-electron chi connectivity index (χ4n) is 1.85. The van der Waals surface area contributed by atoms with Crippen LogP contribution in [-0.2, 0) is 0 Å². The highest BCUT2D eigenvalue weighted by molar-refractivity contribution is 14.1. The molecule has 0 heterocycles. The fourth-order valence-corrected chi connectivity index (χ4v) is 2.59. The van der Waals surface area contributed by atoms with Gasteiger partial charge in [-0.15, -0.1) is 0 Å². The molecule has 5 nitrogen and oxygen atoms in total. The molecule has 0 atom stereocenters. The van der Waals surface area contributed by atoms with E-state index in [1.54, 1.807) is 24.3 Å². The zero-order valence-corrected chi connectivity index (χ0v) is 15.1. The number of carbonyl (C=O) groups excluding carboxylic acids is 1. The van der Waals surface area contributed by atoms with Crippen LogP contribution in [-0.4, -0.2) is 22.1 Å². The highest BCUT2D eigenvalue weighted by atomic mass is 127. The maximum atomic E-state index is 12.1. The Kier molecular flexibility index (Phi) is 5.67. The summed E-state index contributed by atoms with van der Waals surface area (Å²) in [4.78, 5) is 23.1. The minimum atomic E-state index is -1.03. The molecule has 2 aromatic rings. The number of rotatable bonds is 3. The van der Waals surface area contributed by atoms with Crippen molar-refractivity contribution in [3.63, 3.8) is 0 Å². The number of nitrogens with one attached hydrogen (secondary N) is 2. The summed E-state index contributed by atoms with van der Waals surface area (Å²) >= 11 is 7.24. The molecular formula is C16H13IN2O3S. The van der Waals surface area contributed by atoms with Gasteiger partial charge in [-0.2, -0.15) is 0 Å². The molecule has 0 radical (unpaired) electrons. The maximum absolute atomic E-state index is 12.1. The van der Waals surface area contributed by atoms with Gasteiger partial charge in [-0.1, -0.05) is 12.1 Å². The van der Waals surface area contributed by atoms with Crippen molar-refractivity contribution in [1.29, 1.82) is 0 Å². The van der Waals surface area contributed by atoms with Crippen molar-refractivity contribution in [3.05, 3.63) is 62.7 Å². The van der Waals surface area contributed by atoms with E-state index < -0.39 is 5.97 Å². The number of halogens is 1. The van der Waals surface area contributed by atoms with Gasteiger partial charge in [0.2, 0.25) is 0 Å². The molecule has 3 N–H and O–H groups in total. The normalized spacial score (nSPS) is 10.0. The second-order valence-corrected chi connectivity index (χ2v) is 6.41. The van der Waals surface area contributed by atoms with E-state index in [-0.39, 0.29) is 16.6 Å². The van der Waals surface area contributed by atoms with E-state index in [2.05, 4.69) is 33.2 Å². The fraction of sp³-hybridized carbons (Fsp3) is 0.0625. The summed E-state index contributed by atoms with van der Waals surface area (Å²) in [5.74, 6) is -1.35. The molecule has 0 aliphatic heterocycles. The van der Waals surface area contributed by atoms with Crippen molar-refractivity contribution in [2.45, 2.75) is 6.92 Å². The molecule has 7 heteroatoms. The van der Waals surface area contributed by atoms with E-state index in [4.69, 9.17) is 17.3 Å². The number of hydrogen-bond acceptors (Lipinski definition) is 3. The highest BCUT2D eigenvalue weighted by Crippen LogP contribution is 2.17. The Hall–Kier alpha value is -2.00. The van der Waals surface area contributed by atoms with Crippen LogP contribution >= 0.6 is 34.8 Å². The number of aromatic carboxylic acids is 1. The van der Waals surface area contributed by atoms with E-state index in [1.165, 1.54) is 12.1 Å². The van der Waals surface area contributed by atoms with Gasteiger partial charge in [0, 0.05) is 14.8 Å². The topological polar surface area (TPSA) is 78.4 Å². The number of hydrogen-bond donors (Lipinski definition) is 3. The SMILES string of the molecule is Cc1ccc(C(=O)O)cc1NC(=S)NC(=O)c1cccc(I)c1. The lowest BCUT2D eigenvalue weighted by Gasteiger charge is -2.12. The minimum absolute atomic E-state index is 0.111. The first-order valence-corrected chi connectivity index (χ1v) is 8.07. The van der Waals surface area contributed by atoms with Crippen molar-refractivity contribution in [2.75, 3.05) is 5.32 Å². The minimum Gasteiger partial charge on any atom is -0.478 e. The summed E-state index contributed by atoms with van der Waals surface area (Å²) < 4.78 is 0.944. The van der Waals surface area contributed by atoms with E-state index in [9.17, 15) is 9.59 Å². The molecule has 2 rings (SSSR count). The summed E-state index contributed by atoms with van der Waals surface area (Å²) in [6.45, 7) is 1.82. The zero-order valence-electron chi connectivity index (χ0n) is 12.1. The van der Waals surface area contributed by atoms with Gasteiger partial charge in [-0.05, 0) is 77.6 Å². The first-order chi connectivity index (χ1) is 10.9. The third-order valence-corrected chi connectivity index (χ3v) is 3.92. The van der Waals surface area contributed by atoms with Crippen LogP contribution in [0, 0.1) is 10.5 Å². The number of anilines is 1. The molecule has 0 aliphatic carbocycles. The van der Waals surface area contributed by atoms with Crippen LogP contribution in [0.4, 0.5) is 5.69 Å². The summed E-state index contributed by atoms with van der Waals surface area (Å²) in [7, 11) is 0. The Balaban J connectivity index is 2.09. The first kappa shape index (κ1) is 17.4. The molecule has 0 unspecified atom stereocenters. The largest absolute Gasteiger partial charge is 0.478 e. The van der Waals surface area contributed by atoms with E-state index in [1.807, 2.05) is 13.0 Å². The highest BCUT2D eigenvalue weighted by Gasteiger charge is 2.11. The van der Waals surface area contributed by atoms with Crippen LogP contribution < -0.4 is 10.6 Å². The second kappa shape index (κ2) is 7.51. The number of amides is 1. The number of carboxylic acid groups (broad SMARTS) is 1. The quantitative estimate of drug-likeness (QED) is 0.504. The van der Waals surface area contributed by atoms with Crippen molar-refractivity contribution in [3.8, 4) is 0 Å². The Labute approximate surface area is 152 Å². The molecule has 0 bridgehead atoms. The van der Waals surface area contributed by atoms with Gasteiger partial charge in [-0.3, -0.25) is 10.1 Å². The van der Waals surface area contributed by atoms with Crippen molar-refractivity contribution >= 4 is 57.5 Å². The summed E-state index contributed by atoms with van der Waals surface area (Å²) in [6.07, 6.45) is 0. The van der Waals surface area contributed by atoms with E-state index in [0.29, 0.717) is 11.3 Å². The van der Waals surface area contributed by atoms with Gasteiger partial charge < -0.3 is 10.4 Å². The van der Waals surface area contributed by atoms with Crippen LogP contribution in [0.5, 0.6) is 0 Å². The average Bonchev–Trinajstić information content (AvgIpc) is 2.49. The van der Waals surface area contributed by atoms with Crippen LogP contribution in [0.1, 0.15) is 26.3 Å². The number of thiocarbonyl (C=S) groups is 1. The van der Waals surface area contributed by atoms with Crippen LogP contribution in [0.3, 0.4) is 0 Å². The number of benzene rings is 2. The van der Waals surface area contributed by atoms with Gasteiger partial charge in [0.15, 0.2) is 5.11 Å². The number of carboxylic acids is 1. The molecule has 0 fully saturated rings. The summed E-state index contributed by atoms with van der Waals surface area (Å²) in [6, 6.07) is 11.8. The number of aryl methyl sites for hydroxylation is 1. The van der Waals surface area contributed by atoms with E-state index in [0.717, 1.165) is 9.13 Å². The summed E-state index contributed by atoms with van der Waals surface area (Å²) in [5, 5.41) is 14.6. The Bertz CT molecular complexity index is 793. The smallest absolute Gasteiger partial charge is 0.335 e. The average molecular weight is 440 g/mol. The molecule has 23 heavy (non-hydrogen) atoms. The standard InChI is InChI=1S/C16H13IN2O3S/c1-9-5-6-11(15(21)22)8-13(9)18-16(23)19-14(20)10-3-2-4-12(17)7-10/h2-8H,1H3,(H,21,22)(H2,18,19,20,23). The molecule has 2 aromatic carbocycles. The van der Waals surface area contributed by atoms with E-state index >= 15 is 0 Å². The molecule has 1 amide bonds. The Morgan fingerprint density at radius 1 is 1.13 bits per heavy atom. The van der Waals surface area contributed by atoms with Crippen LogP contribution in [0.25, 0.3) is 0 Å². The van der Waals surface area contributed by atoms with Gasteiger partial charge in [-0.25, -0.2) is 4.79 Å². The third-order valence-electron chi connectivity index (χ3n) is 3.05. The molecule has 118 valence electrons. The molecule has 0 aliphatic rings. The van der Waals surface area contributed by atoms with Gasteiger partial charge in [0.25, 0.3) is 5.91 Å². The first-order valence-electron chi connectivity index (χ1n) is 6.58. The molecule has 0 spiro atoms. The molecule has 0 saturated heterocycles. The lowest BCUT2D eigenvalue weighted by atomic mass is 10.1.